The van der Waals surface area contributed by atoms with Crippen LogP contribution >= 0.6 is 0 Å². The fourth-order valence-corrected chi connectivity index (χ4v) is 8.21. The van der Waals surface area contributed by atoms with Crippen molar-refractivity contribution in [1.82, 2.24) is 15.2 Å². The Morgan fingerprint density at radius 1 is 1.16 bits per heavy atom. The second kappa shape index (κ2) is 10.8. The Kier molecular flexibility index (Phi) is 7.14. The molecule has 2 N–H and O–H groups in total. The minimum Gasteiger partial charge on any atom is -0.497 e. The van der Waals surface area contributed by atoms with E-state index in [1.54, 1.807) is 7.11 Å². The Labute approximate surface area is 263 Å². The molecule has 2 saturated carbocycles. The van der Waals surface area contributed by atoms with Gasteiger partial charge < -0.3 is 29.5 Å². The number of carbonyl (C=O) groups is 3. The van der Waals surface area contributed by atoms with Crippen molar-refractivity contribution in [3.63, 3.8) is 0 Å². The highest BCUT2D eigenvalue weighted by Gasteiger charge is 2.70. The number of nitrogens with one attached hydrogen (secondary N) is 1. The Morgan fingerprint density at radius 2 is 1.98 bits per heavy atom. The third-order valence-electron chi connectivity index (χ3n) is 10.7. The molecular weight excluding hydrogens is 574 g/mol. The summed E-state index contributed by atoms with van der Waals surface area (Å²) in [4.78, 5) is 46.2. The molecule has 5 aliphatic rings. The van der Waals surface area contributed by atoms with Gasteiger partial charge in [-0.2, -0.15) is 0 Å². The number of carboxylic acids is 1. The number of aromatic nitrogens is 1. The highest BCUT2D eigenvalue weighted by atomic mass is 16.6. The summed E-state index contributed by atoms with van der Waals surface area (Å²) in [6, 6.07) is 5.75. The summed E-state index contributed by atoms with van der Waals surface area (Å²) in [5.74, 6) is 7.15. The number of aliphatic carboxylic acids is 1. The largest absolute Gasteiger partial charge is 0.497 e. The quantitative estimate of drug-likeness (QED) is 0.471. The molecule has 1 aromatic carbocycles. The molecule has 3 aliphatic carbocycles. The number of hydrogen-bond donors (Lipinski definition) is 2. The minimum atomic E-state index is -1.12. The van der Waals surface area contributed by atoms with Crippen LogP contribution in [-0.2, 0) is 20.7 Å². The number of nitrogens with zero attached hydrogens (tertiary/aromatic N) is 2. The first-order valence-electron chi connectivity index (χ1n) is 16.1. The van der Waals surface area contributed by atoms with Crippen molar-refractivity contribution in [3.05, 3.63) is 29.8 Å². The summed E-state index contributed by atoms with van der Waals surface area (Å²) < 4.78 is 18.0. The number of rotatable bonds is 2. The maximum Gasteiger partial charge on any atom is 0.408 e. The van der Waals surface area contributed by atoms with Crippen molar-refractivity contribution in [3.8, 4) is 23.5 Å². The van der Waals surface area contributed by atoms with Crippen LogP contribution in [0.1, 0.15) is 64.9 Å². The van der Waals surface area contributed by atoms with E-state index in [1.807, 2.05) is 39.0 Å². The fraction of sp³-hybridized carbons (Fsp3) is 0.600. The zero-order valence-corrected chi connectivity index (χ0v) is 26.3. The van der Waals surface area contributed by atoms with Crippen molar-refractivity contribution in [1.29, 1.82) is 0 Å². The predicted molar refractivity (Wildman–Crippen MR) is 165 cm³/mol. The normalized spacial score (nSPS) is 34.1. The highest BCUT2D eigenvalue weighted by molar-refractivity contribution is 5.90. The molecule has 2 aromatic rings. The van der Waals surface area contributed by atoms with Crippen LogP contribution in [0.25, 0.3) is 10.9 Å². The number of alkyl carbamates (subject to hydrolysis) is 1. The number of fused-ring (bicyclic) bond motifs is 5. The van der Waals surface area contributed by atoms with Crippen molar-refractivity contribution >= 4 is 28.9 Å². The minimum absolute atomic E-state index is 0.0600. The third-order valence-corrected chi connectivity index (χ3v) is 10.7. The predicted octanol–water partition coefficient (Wildman–Crippen LogP) is 4.57. The molecule has 10 nitrogen and oxygen atoms in total. The molecule has 1 spiro atoms. The van der Waals surface area contributed by atoms with E-state index in [2.05, 4.69) is 23.2 Å². The maximum absolute atomic E-state index is 14.1. The number of carboxylic acid groups (broad SMARTS) is 1. The SMILES string of the molecule is COc1ccc2cc3c(nc2c1)O[C@@H]1C[C@@H](C(=O)O)N(C1)C(=O)[C@H](C(C)(C)C)NC(=O)O[C@@H]1C[C@@H]2C#C[C@@H]2C12CC2CCCC3. The molecule has 10 heteroatoms. The lowest BCUT2D eigenvalue weighted by atomic mass is 9.79. The van der Waals surface area contributed by atoms with Crippen LogP contribution in [0.15, 0.2) is 24.3 Å². The van der Waals surface area contributed by atoms with E-state index in [4.69, 9.17) is 19.2 Å². The van der Waals surface area contributed by atoms with Gasteiger partial charge >= 0.3 is 12.1 Å². The van der Waals surface area contributed by atoms with Gasteiger partial charge in [-0.25, -0.2) is 14.6 Å². The first-order chi connectivity index (χ1) is 21.5. The zero-order valence-electron chi connectivity index (χ0n) is 26.3. The average molecular weight is 616 g/mol. The Morgan fingerprint density at radius 3 is 2.69 bits per heavy atom. The lowest BCUT2D eigenvalue weighted by molar-refractivity contribution is -0.150. The monoisotopic (exact) mass is 615 g/mol. The van der Waals surface area contributed by atoms with E-state index in [1.165, 1.54) is 4.90 Å². The second-order valence-corrected chi connectivity index (χ2v) is 14.5. The maximum atomic E-state index is 14.1. The molecule has 3 fully saturated rings. The van der Waals surface area contributed by atoms with Gasteiger partial charge in [-0.3, -0.25) is 4.79 Å². The van der Waals surface area contributed by atoms with Gasteiger partial charge in [0.2, 0.25) is 11.8 Å². The van der Waals surface area contributed by atoms with Gasteiger partial charge in [0.1, 0.15) is 30.0 Å². The lowest BCUT2D eigenvalue weighted by Crippen LogP contribution is -2.57. The topological polar surface area (TPSA) is 127 Å². The number of carbonyl (C=O) groups excluding carboxylic acids is 2. The number of ether oxygens (including phenoxy) is 3. The first-order valence-corrected chi connectivity index (χ1v) is 16.1. The third kappa shape index (κ3) is 5.14. The van der Waals surface area contributed by atoms with Gasteiger partial charge in [-0.05, 0) is 55.2 Å². The van der Waals surface area contributed by atoms with Crippen LogP contribution in [0.5, 0.6) is 11.6 Å². The van der Waals surface area contributed by atoms with E-state index < -0.39 is 41.6 Å². The van der Waals surface area contributed by atoms with Gasteiger partial charge in [-0.15, -0.1) is 0 Å². The summed E-state index contributed by atoms with van der Waals surface area (Å²) in [5, 5.41) is 14.0. The number of methoxy groups -OCH3 is 1. The molecule has 45 heavy (non-hydrogen) atoms. The molecule has 2 bridgehead atoms. The Bertz CT molecular complexity index is 1620. The van der Waals surface area contributed by atoms with Crippen molar-refractivity contribution < 1.29 is 33.7 Å². The molecule has 0 radical (unpaired) electrons. The van der Waals surface area contributed by atoms with Crippen LogP contribution in [0.4, 0.5) is 4.79 Å². The molecule has 2 amide bonds. The van der Waals surface area contributed by atoms with Crippen LogP contribution < -0.4 is 14.8 Å². The standard InChI is InChI=1S/C35H41N3O7/c1-34(2,3)29-31(39)38-18-24(16-27(38)32(40)41)44-30-21(13-20-9-11-23(43-4)15-26(20)36-30)7-5-6-8-22-17-35(22)25-12-10-19(25)14-28(35)45-33(42)37-29/h9,11,13,15,19,22,24-25,27-29H,5-8,14,16-18H2,1-4H3,(H,37,42)(H,40,41)/t19-,22?,24+,25-,27-,28+,29+,35?/m0/s1. The Hall–Kier alpha value is -4.00. The first kappa shape index (κ1) is 29.7. The van der Waals surface area contributed by atoms with Crippen LogP contribution in [0.3, 0.4) is 0 Å². The van der Waals surface area contributed by atoms with Crippen molar-refractivity contribution in [2.75, 3.05) is 13.7 Å². The summed E-state index contributed by atoms with van der Waals surface area (Å²) in [7, 11) is 1.61. The van der Waals surface area contributed by atoms with Gasteiger partial charge in [0.25, 0.3) is 0 Å². The number of hydrogen-bond acceptors (Lipinski definition) is 7. The van der Waals surface area contributed by atoms with Crippen LogP contribution in [0.2, 0.25) is 0 Å². The smallest absolute Gasteiger partial charge is 0.408 e. The number of benzene rings is 1. The van der Waals surface area contributed by atoms with Crippen molar-refractivity contribution in [2.24, 2.45) is 28.6 Å². The number of amides is 2. The molecule has 1 aromatic heterocycles. The molecule has 2 unspecified atom stereocenters. The summed E-state index contributed by atoms with van der Waals surface area (Å²) >= 11 is 0. The molecular formula is C35H41N3O7. The van der Waals surface area contributed by atoms with Gasteiger partial charge in [-0.1, -0.05) is 39.0 Å². The summed E-state index contributed by atoms with van der Waals surface area (Å²) in [6.07, 6.45) is 4.05. The highest BCUT2D eigenvalue weighted by Crippen LogP contribution is 2.70. The van der Waals surface area contributed by atoms with E-state index in [-0.39, 0.29) is 36.3 Å². The molecule has 7 rings (SSSR count). The molecule has 238 valence electrons. The van der Waals surface area contributed by atoms with Crippen LogP contribution in [-0.4, -0.2) is 70.9 Å². The zero-order chi connectivity index (χ0) is 31.7. The van der Waals surface area contributed by atoms with E-state index >= 15 is 0 Å². The lowest BCUT2D eigenvalue weighted by Gasteiger charge is -2.35. The molecule has 1 saturated heterocycles. The van der Waals surface area contributed by atoms with E-state index in [0.29, 0.717) is 17.5 Å². The number of aryl methyl sites for hydroxylation is 1. The van der Waals surface area contributed by atoms with Crippen molar-refractivity contribution in [2.45, 2.75) is 90.0 Å². The van der Waals surface area contributed by atoms with E-state index in [0.717, 1.165) is 55.0 Å². The molecule has 2 aliphatic heterocycles. The summed E-state index contributed by atoms with van der Waals surface area (Å²) in [6.45, 7) is 5.61. The van der Waals surface area contributed by atoms with Crippen LogP contribution in [0, 0.1) is 40.4 Å². The number of pyridine rings is 1. The molecule has 8 atom stereocenters. The van der Waals surface area contributed by atoms with Gasteiger partial charge in [0.05, 0.1) is 19.2 Å². The second-order valence-electron chi connectivity index (χ2n) is 14.5. The molecule has 3 heterocycles. The average Bonchev–Trinajstić information content (AvgIpc) is 3.43. The fourth-order valence-electron chi connectivity index (χ4n) is 8.21. The van der Waals surface area contributed by atoms with E-state index in [9.17, 15) is 19.5 Å². The van der Waals surface area contributed by atoms with Gasteiger partial charge in [0.15, 0.2) is 0 Å². The Balaban J connectivity index is 1.24. The van der Waals surface area contributed by atoms with Gasteiger partial charge in [0, 0.05) is 47.1 Å². The summed E-state index contributed by atoms with van der Waals surface area (Å²) in [5.41, 5.74) is 0.856.